The lowest BCUT2D eigenvalue weighted by atomic mass is 9.44. The summed E-state index contributed by atoms with van der Waals surface area (Å²) in [7, 11) is 1.84. The van der Waals surface area contributed by atoms with Gasteiger partial charge in [0.1, 0.15) is 0 Å². The van der Waals surface area contributed by atoms with Gasteiger partial charge in [-0.25, -0.2) is 0 Å². The standard InChI is InChI=1S/C20H31NO3/c1-19-8-6-13(24-3)10-12(19)4-5-14-15(19)7-9-20(2)16(14)11-17(22)21-18(20)23/h12-16H,4-11H2,1-3H3,(H,21,22,23)/t12-,13+,14-,15-,16+,19-,20-/m0/s1. The van der Waals surface area contributed by atoms with Crippen LogP contribution < -0.4 is 5.32 Å². The van der Waals surface area contributed by atoms with Gasteiger partial charge >= 0.3 is 0 Å². The maximum atomic E-state index is 12.5. The summed E-state index contributed by atoms with van der Waals surface area (Å²) >= 11 is 0. The van der Waals surface area contributed by atoms with Crippen LogP contribution in [-0.4, -0.2) is 25.0 Å². The molecular weight excluding hydrogens is 302 g/mol. The summed E-state index contributed by atoms with van der Waals surface area (Å²) in [5.74, 6) is 2.13. The van der Waals surface area contributed by atoms with Crippen molar-refractivity contribution < 1.29 is 14.3 Å². The highest BCUT2D eigenvalue weighted by molar-refractivity contribution is 6.01. The number of imide groups is 1. The number of fused-ring (bicyclic) bond motifs is 5. The van der Waals surface area contributed by atoms with Crippen molar-refractivity contribution in [3.63, 3.8) is 0 Å². The summed E-state index contributed by atoms with van der Waals surface area (Å²) in [5.41, 5.74) is 0.0399. The molecule has 4 aliphatic rings. The van der Waals surface area contributed by atoms with Crippen LogP contribution in [0.1, 0.15) is 65.2 Å². The van der Waals surface area contributed by atoms with Crippen molar-refractivity contribution >= 4 is 11.8 Å². The van der Waals surface area contributed by atoms with Crippen molar-refractivity contribution in [3.8, 4) is 0 Å². The van der Waals surface area contributed by atoms with Gasteiger partial charge in [-0.3, -0.25) is 14.9 Å². The summed E-state index contributed by atoms with van der Waals surface area (Å²) in [4.78, 5) is 24.6. The molecule has 1 aliphatic heterocycles. The summed E-state index contributed by atoms with van der Waals surface area (Å²) in [6.45, 7) is 4.60. The lowest BCUT2D eigenvalue weighted by molar-refractivity contribution is -0.166. The zero-order valence-electron chi connectivity index (χ0n) is 15.3. The minimum atomic E-state index is -0.331. The largest absolute Gasteiger partial charge is 0.381 e. The molecule has 4 rings (SSSR count). The van der Waals surface area contributed by atoms with Crippen molar-refractivity contribution in [2.24, 2.45) is 34.5 Å². The highest BCUT2D eigenvalue weighted by Gasteiger charge is 2.60. The quantitative estimate of drug-likeness (QED) is 0.749. The topological polar surface area (TPSA) is 55.4 Å². The lowest BCUT2D eigenvalue weighted by Gasteiger charge is -2.61. The average Bonchev–Trinajstić information content (AvgIpc) is 2.55. The molecule has 1 N–H and O–H groups in total. The van der Waals surface area contributed by atoms with Crippen LogP contribution in [0.2, 0.25) is 0 Å². The van der Waals surface area contributed by atoms with E-state index < -0.39 is 0 Å². The smallest absolute Gasteiger partial charge is 0.232 e. The van der Waals surface area contributed by atoms with Crippen LogP contribution in [0.3, 0.4) is 0 Å². The van der Waals surface area contributed by atoms with Gasteiger partial charge in [0.05, 0.1) is 11.5 Å². The molecular formula is C20H31NO3. The molecule has 0 spiro atoms. The normalized spacial score (nSPS) is 51.2. The van der Waals surface area contributed by atoms with E-state index in [2.05, 4.69) is 19.2 Å². The van der Waals surface area contributed by atoms with Crippen LogP contribution >= 0.6 is 0 Å². The van der Waals surface area contributed by atoms with Crippen LogP contribution in [0.15, 0.2) is 0 Å². The molecule has 24 heavy (non-hydrogen) atoms. The molecule has 0 aromatic heterocycles. The predicted molar refractivity (Wildman–Crippen MR) is 91.1 cm³/mol. The maximum absolute atomic E-state index is 12.5. The number of nitrogens with one attached hydrogen (secondary N) is 1. The zero-order chi connectivity index (χ0) is 17.1. The van der Waals surface area contributed by atoms with Gasteiger partial charge in [-0.15, -0.1) is 0 Å². The molecule has 4 heteroatoms. The molecule has 3 aliphatic carbocycles. The van der Waals surface area contributed by atoms with Crippen molar-refractivity contribution in [1.82, 2.24) is 5.32 Å². The number of piperidine rings is 1. The Hall–Kier alpha value is -0.900. The maximum Gasteiger partial charge on any atom is 0.232 e. The molecule has 4 fully saturated rings. The Bertz CT molecular complexity index is 561. The first-order valence-electron chi connectivity index (χ1n) is 9.75. The van der Waals surface area contributed by atoms with Crippen LogP contribution in [0.4, 0.5) is 0 Å². The Morgan fingerprint density at radius 1 is 1.04 bits per heavy atom. The number of hydrogen-bond donors (Lipinski definition) is 1. The van der Waals surface area contributed by atoms with E-state index in [4.69, 9.17) is 4.74 Å². The molecule has 0 radical (unpaired) electrons. The number of carbonyl (C=O) groups excluding carboxylic acids is 2. The number of rotatable bonds is 1. The number of carbonyl (C=O) groups is 2. The number of amides is 2. The van der Waals surface area contributed by atoms with E-state index in [0.717, 1.165) is 25.2 Å². The first-order chi connectivity index (χ1) is 11.4. The van der Waals surface area contributed by atoms with Crippen LogP contribution in [0.5, 0.6) is 0 Å². The lowest BCUT2D eigenvalue weighted by Crippen LogP contribution is -2.61. The van der Waals surface area contributed by atoms with Crippen LogP contribution in [-0.2, 0) is 14.3 Å². The third kappa shape index (κ3) is 2.21. The summed E-state index contributed by atoms with van der Waals surface area (Å²) in [5, 5.41) is 2.60. The zero-order valence-corrected chi connectivity index (χ0v) is 15.3. The minimum Gasteiger partial charge on any atom is -0.381 e. The van der Waals surface area contributed by atoms with Gasteiger partial charge < -0.3 is 4.74 Å². The van der Waals surface area contributed by atoms with E-state index in [-0.39, 0.29) is 23.1 Å². The fourth-order valence-corrected chi connectivity index (χ4v) is 6.93. The Morgan fingerprint density at radius 3 is 2.58 bits per heavy atom. The second-order valence-electron chi connectivity index (χ2n) is 9.33. The molecule has 1 saturated heterocycles. The molecule has 4 nitrogen and oxygen atoms in total. The summed E-state index contributed by atoms with van der Waals surface area (Å²) in [6.07, 6.45) is 9.06. The fourth-order valence-electron chi connectivity index (χ4n) is 6.93. The van der Waals surface area contributed by atoms with Gasteiger partial charge in [0.25, 0.3) is 0 Å². The van der Waals surface area contributed by atoms with Gasteiger partial charge in [0.15, 0.2) is 0 Å². The summed E-state index contributed by atoms with van der Waals surface area (Å²) in [6, 6.07) is 0. The van der Waals surface area contributed by atoms with E-state index in [1.54, 1.807) is 0 Å². The Morgan fingerprint density at radius 2 is 1.83 bits per heavy atom. The van der Waals surface area contributed by atoms with Crippen molar-refractivity contribution in [2.75, 3.05) is 7.11 Å². The number of methoxy groups -OCH3 is 1. The first-order valence-corrected chi connectivity index (χ1v) is 9.75. The number of hydrogen-bond acceptors (Lipinski definition) is 3. The third-order valence-corrected chi connectivity index (χ3v) is 8.52. The second kappa shape index (κ2) is 5.55. The fraction of sp³-hybridized carbons (Fsp3) is 0.900. The average molecular weight is 333 g/mol. The van der Waals surface area contributed by atoms with E-state index in [1.807, 2.05) is 7.11 Å². The molecule has 3 saturated carbocycles. The molecule has 7 atom stereocenters. The Labute approximate surface area is 145 Å². The van der Waals surface area contributed by atoms with E-state index in [1.165, 1.54) is 25.7 Å². The van der Waals surface area contributed by atoms with Crippen LogP contribution in [0.25, 0.3) is 0 Å². The first kappa shape index (κ1) is 16.6. The predicted octanol–water partition coefficient (Wildman–Crippen LogP) is 3.30. The van der Waals surface area contributed by atoms with Crippen molar-refractivity contribution in [1.29, 1.82) is 0 Å². The molecule has 0 aromatic carbocycles. The number of ether oxygens (including phenoxy) is 1. The van der Waals surface area contributed by atoms with Crippen LogP contribution in [0, 0.1) is 34.5 Å². The highest BCUT2D eigenvalue weighted by Crippen LogP contribution is 2.64. The molecule has 0 unspecified atom stereocenters. The molecule has 0 aromatic rings. The van der Waals surface area contributed by atoms with Gasteiger partial charge in [0, 0.05) is 13.5 Å². The van der Waals surface area contributed by atoms with Crippen molar-refractivity contribution in [3.05, 3.63) is 0 Å². The van der Waals surface area contributed by atoms with Gasteiger partial charge in [-0.1, -0.05) is 13.8 Å². The minimum absolute atomic E-state index is 0.0161. The Balaban J connectivity index is 1.62. The Kier molecular flexibility index (Phi) is 3.83. The molecule has 2 amide bonds. The molecule has 134 valence electrons. The second-order valence-corrected chi connectivity index (χ2v) is 9.33. The van der Waals surface area contributed by atoms with E-state index >= 15 is 0 Å². The summed E-state index contributed by atoms with van der Waals surface area (Å²) < 4.78 is 5.65. The molecule has 1 heterocycles. The third-order valence-electron chi connectivity index (χ3n) is 8.52. The van der Waals surface area contributed by atoms with Gasteiger partial charge in [0.2, 0.25) is 11.8 Å². The van der Waals surface area contributed by atoms with Crippen molar-refractivity contribution in [2.45, 2.75) is 71.3 Å². The van der Waals surface area contributed by atoms with E-state index in [9.17, 15) is 9.59 Å². The monoisotopic (exact) mass is 333 g/mol. The van der Waals surface area contributed by atoms with Gasteiger partial charge in [-0.05, 0) is 74.0 Å². The van der Waals surface area contributed by atoms with E-state index in [0.29, 0.717) is 29.8 Å². The molecule has 0 bridgehead atoms. The van der Waals surface area contributed by atoms with Gasteiger partial charge in [-0.2, -0.15) is 0 Å². The highest BCUT2D eigenvalue weighted by atomic mass is 16.5. The SMILES string of the molecule is CO[C@@H]1CC[C@@]2(C)[C@@H](CC[C@@H]3[C@H]4CC(=O)NC(=O)[C@@]4(C)CC[C@@H]32)C1.